The number of hydrogen-bond acceptors (Lipinski definition) is 5. The van der Waals surface area contributed by atoms with Crippen molar-refractivity contribution in [1.29, 1.82) is 0 Å². The van der Waals surface area contributed by atoms with Crippen molar-refractivity contribution in [1.82, 2.24) is 5.32 Å². The van der Waals surface area contributed by atoms with Gasteiger partial charge >= 0.3 is 0 Å². The zero-order valence-electron chi connectivity index (χ0n) is 12.1. The Labute approximate surface area is 133 Å². The number of ether oxygens (including phenoxy) is 2. The van der Waals surface area contributed by atoms with Crippen molar-refractivity contribution in [2.75, 3.05) is 7.11 Å². The minimum absolute atomic E-state index is 0.122. The van der Waals surface area contributed by atoms with Gasteiger partial charge in [-0.1, -0.05) is 37.0 Å². The molecule has 1 heterocycles. The maximum absolute atomic E-state index is 11.7. The minimum Gasteiger partial charge on any atom is -0.493 e. The van der Waals surface area contributed by atoms with Crippen LogP contribution < -0.4 is 14.8 Å². The third kappa shape index (κ3) is 3.98. The molecule has 1 N–H and O–H groups in total. The summed E-state index contributed by atoms with van der Waals surface area (Å²) in [7, 11) is 1.60. The molecule has 0 bridgehead atoms. The van der Waals surface area contributed by atoms with E-state index in [0.29, 0.717) is 20.7 Å². The van der Waals surface area contributed by atoms with E-state index < -0.39 is 0 Å². The zero-order chi connectivity index (χ0) is 15.4. The van der Waals surface area contributed by atoms with Crippen LogP contribution in [-0.4, -0.2) is 23.4 Å². The second-order valence-electron chi connectivity index (χ2n) is 4.60. The lowest BCUT2D eigenvalue weighted by atomic mass is 10.2. The fourth-order valence-corrected chi connectivity index (χ4v) is 2.79. The molecule has 1 aliphatic rings. The standard InChI is InChI=1S/C15H17NO3S2/c1-4-9(2)19-11-6-5-10(7-12(11)18-3)8-13-14(17)16-15(20)21-13/h5-9H,4H2,1-3H3,(H,16,17,20)/b13-8+/t9-/m1/s1. The van der Waals surface area contributed by atoms with Gasteiger partial charge in [-0.15, -0.1) is 0 Å². The van der Waals surface area contributed by atoms with Crippen LogP contribution >= 0.6 is 24.0 Å². The number of rotatable bonds is 5. The maximum Gasteiger partial charge on any atom is 0.263 e. The van der Waals surface area contributed by atoms with Crippen LogP contribution in [0.4, 0.5) is 0 Å². The van der Waals surface area contributed by atoms with Crippen molar-refractivity contribution in [3.05, 3.63) is 28.7 Å². The molecule has 21 heavy (non-hydrogen) atoms. The van der Waals surface area contributed by atoms with E-state index in [2.05, 4.69) is 12.2 Å². The molecule has 1 aliphatic heterocycles. The number of benzene rings is 1. The Bertz CT molecular complexity index is 599. The van der Waals surface area contributed by atoms with Crippen LogP contribution in [0.3, 0.4) is 0 Å². The molecule has 112 valence electrons. The van der Waals surface area contributed by atoms with E-state index in [1.807, 2.05) is 25.1 Å². The summed E-state index contributed by atoms with van der Waals surface area (Å²) in [5, 5.41) is 2.59. The predicted molar refractivity (Wildman–Crippen MR) is 89.7 cm³/mol. The molecule has 1 amide bonds. The Kier molecular flexibility index (Phi) is 5.25. The highest BCUT2D eigenvalue weighted by Gasteiger charge is 2.22. The van der Waals surface area contributed by atoms with E-state index >= 15 is 0 Å². The van der Waals surface area contributed by atoms with Crippen molar-refractivity contribution in [3.8, 4) is 11.5 Å². The molecular weight excluding hydrogens is 306 g/mol. The quantitative estimate of drug-likeness (QED) is 0.665. The first-order valence-electron chi connectivity index (χ1n) is 6.63. The molecule has 1 saturated heterocycles. The molecule has 2 rings (SSSR count). The number of carbonyl (C=O) groups is 1. The van der Waals surface area contributed by atoms with E-state index in [0.717, 1.165) is 12.0 Å². The summed E-state index contributed by atoms with van der Waals surface area (Å²) in [6, 6.07) is 5.59. The summed E-state index contributed by atoms with van der Waals surface area (Å²) in [6.07, 6.45) is 2.83. The van der Waals surface area contributed by atoms with E-state index in [4.69, 9.17) is 21.7 Å². The monoisotopic (exact) mass is 323 g/mol. The lowest BCUT2D eigenvalue weighted by Gasteiger charge is -2.15. The molecule has 0 spiro atoms. The van der Waals surface area contributed by atoms with Crippen LogP contribution in [-0.2, 0) is 4.79 Å². The molecular formula is C15H17NO3S2. The maximum atomic E-state index is 11.7. The molecule has 4 nitrogen and oxygen atoms in total. The Morgan fingerprint density at radius 3 is 2.76 bits per heavy atom. The molecule has 0 radical (unpaired) electrons. The molecule has 0 aliphatic carbocycles. The van der Waals surface area contributed by atoms with Crippen LogP contribution in [0.5, 0.6) is 11.5 Å². The van der Waals surface area contributed by atoms with Gasteiger partial charge in [0, 0.05) is 0 Å². The smallest absolute Gasteiger partial charge is 0.263 e. The highest BCUT2D eigenvalue weighted by Crippen LogP contribution is 2.32. The second kappa shape index (κ2) is 6.95. The molecule has 1 atom stereocenters. The summed E-state index contributed by atoms with van der Waals surface area (Å²) >= 11 is 6.23. The van der Waals surface area contributed by atoms with E-state index in [1.165, 1.54) is 11.8 Å². The predicted octanol–water partition coefficient (Wildman–Crippen LogP) is 3.36. The topological polar surface area (TPSA) is 47.6 Å². The average molecular weight is 323 g/mol. The van der Waals surface area contributed by atoms with Gasteiger partial charge in [-0.25, -0.2) is 0 Å². The first-order chi connectivity index (χ1) is 10.0. The molecule has 1 fully saturated rings. The number of amides is 1. The van der Waals surface area contributed by atoms with Crippen LogP contribution in [0.1, 0.15) is 25.8 Å². The van der Waals surface area contributed by atoms with Gasteiger partial charge in [-0.2, -0.15) is 0 Å². The summed E-state index contributed by atoms with van der Waals surface area (Å²) in [5.41, 5.74) is 0.866. The highest BCUT2D eigenvalue weighted by molar-refractivity contribution is 8.26. The van der Waals surface area contributed by atoms with E-state index in [1.54, 1.807) is 13.2 Å². The van der Waals surface area contributed by atoms with Crippen molar-refractivity contribution >= 4 is 40.3 Å². The number of thiocarbonyl (C=S) groups is 1. The third-order valence-electron chi connectivity index (χ3n) is 3.03. The Hall–Kier alpha value is -1.53. The van der Waals surface area contributed by atoms with E-state index in [9.17, 15) is 4.79 Å². The van der Waals surface area contributed by atoms with Gasteiger partial charge < -0.3 is 14.8 Å². The first kappa shape index (κ1) is 15.9. The Morgan fingerprint density at radius 2 is 2.19 bits per heavy atom. The molecule has 0 aromatic heterocycles. The fourth-order valence-electron chi connectivity index (χ4n) is 1.74. The van der Waals surface area contributed by atoms with Crippen molar-refractivity contribution in [2.45, 2.75) is 26.4 Å². The van der Waals surface area contributed by atoms with Crippen LogP contribution in [0, 0.1) is 0 Å². The van der Waals surface area contributed by atoms with Gasteiger partial charge in [0.1, 0.15) is 4.32 Å². The number of methoxy groups -OCH3 is 1. The molecule has 0 unspecified atom stereocenters. The van der Waals surface area contributed by atoms with Gasteiger partial charge in [0.25, 0.3) is 5.91 Å². The summed E-state index contributed by atoms with van der Waals surface area (Å²) in [4.78, 5) is 12.2. The SMILES string of the molecule is CC[C@@H](C)Oc1ccc(/C=C2/SC(=S)NC2=O)cc1OC. The number of hydrogen-bond donors (Lipinski definition) is 1. The van der Waals surface area contributed by atoms with Crippen LogP contribution in [0.25, 0.3) is 6.08 Å². The second-order valence-corrected chi connectivity index (χ2v) is 6.32. The van der Waals surface area contributed by atoms with Gasteiger partial charge in [0.05, 0.1) is 18.1 Å². The lowest BCUT2D eigenvalue weighted by molar-refractivity contribution is -0.115. The zero-order valence-corrected chi connectivity index (χ0v) is 13.8. The van der Waals surface area contributed by atoms with Gasteiger partial charge in [0.15, 0.2) is 11.5 Å². The first-order valence-corrected chi connectivity index (χ1v) is 7.85. The number of carbonyl (C=O) groups excluding carboxylic acids is 1. The Balaban J connectivity index is 2.25. The highest BCUT2D eigenvalue weighted by atomic mass is 32.2. The van der Waals surface area contributed by atoms with Crippen LogP contribution in [0.2, 0.25) is 0 Å². The minimum atomic E-state index is -0.163. The molecule has 1 aromatic rings. The number of thioether (sulfide) groups is 1. The fraction of sp³-hybridized carbons (Fsp3) is 0.333. The molecule has 6 heteroatoms. The van der Waals surface area contributed by atoms with E-state index in [-0.39, 0.29) is 12.0 Å². The summed E-state index contributed by atoms with van der Waals surface area (Å²) in [5.74, 6) is 1.19. The third-order valence-corrected chi connectivity index (χ3v) is 4.19. The van der Waals surface area contributed by atoms with Crippen LogP contribution in [0.15, 0.2) is 23.1 Å². The average Bonchev–Trinajstić information content (AvgIpc) is 2.78. The van der Waals surface area contributed by atoms with Crippen molar-refractivity contribution in [2.24, 2.45) is 0 Å². The lowest BCUT2D eigenvalue weighted by Crippen LogP contribution is -2.17. The largest absolute Gasteiger partial charge is 0.493 e. The summed E-state index contributed by atoms with van der Waals surface area (Å²) < 4.78 is 11.6. The van der Waals surface area contributed by atoms with Gasteiger partial charge in [0.2, 0.25) is 0 Å². The summed E-state index contributed by atoms with van der Waals surface area (Å²) in [6.45, 7) is 4.07. The normalized spacial score (nSPS) is 17.8. The van der Waals surface area contributed by atoms with Crippen molar-refractivity contribution < 1.29 is 14.3 Å². The van der Waals surface area contributed by atoms with Crippen molar-refractivity contribution in [3.63, 3.8) is 0 Å². The van der Waals surface area contributed by atoms with Gasteiger partial charge in [-0.05, 0) is 37.1 Å². The number of nitrogens with one attached hydrogen (secondary N) is 1. The van der Waals surface area contributed by atoms with Gasteiger partial charge in [-0.3, -0.25) is 4.79 Å². The Morgan fingerprint density at radius 1 is 1.43 bits per heavy atom. The molecule has 1 aromatic carbocycles. The molecule has 0 saturated carbocycles.